The Kier molecular flexibility index (Phi) is 6.77. The fraction of sp³-hybridized carbons (Fsp3) is 0.263. The number of nitrogens with zero attached hydrogens (tertiary/aromatic N) is 1. The molecule has 4 nitrogen and oxygen atoms in total. The molecule has 0 fully saturated rings. The molecule has 0 atom stereocenters. The van der Waals surface area contributed by atoms with Gasteiger partial charge in [0.25, 0.3) is 0 Å². The molecule has 2 amide bonds. The van der Waals surface area contributed by atoms with Gasteiger partial charge in [-0.05, 0) is 30.2 Å². The first-order valence-corrected chi connectivity index (χ1v) is 8.10. The Morgan fingerprint density at radius 2 is 1.73 bits per heavy atom. The molecule has 2 rings (SSSR count). The summed E-state index contributed by atoms with van der Waals surface area (Å²) in [5, 5.41) is 2.34. The van der Waals surface area contributed by atoms with E-state index < -0.39 is 17.5 Å². The number of amides is 2. The Bertz CT molecular complexity index is 796. The normalized spacial score (nSPS) is 10.5. The maximum atomic E-state index is 13.6. The number of benzene rings is 2. The van der Waals surface area contributed by atoms with Crippen molar-refractivity contribution in [3.05, 3.63) is 65.5 Å². The van der Waals surface area contributed by atoms with Crippen LogP contribution < -0.4 is 5.32 Å². The molecule has 0 aliphatic heterocycles. The maximum Gasteiger partial charge on any atom is 0.226 e. The van der Waals surface area contributed by atoms with Crippen molar-refractivity contribution in [1.82, 2.24) is 4.90 Å². The lowest BCUT2D eigenvalue weighted by molar-refractivity contribution is -0.129. The molecule has 1 N–H and O–H groups in total. The van der Waals surface area contributed by atoms with E-state index in [1.165, 1.54) is 17.9 Å². The Labute approximate surface area is 149 Å². The Morgan fingerprint density at radius 3 is 2.38 bits per heavy atom. The van der Waals surface area contributed by atoms with Gasteiger partial charge in [0, 0.05) is 32.5 Å². The minimum absolute atomic E-state index is 0.0618. The van der Waals surface area contributed by atoms with E-state index in [-0.39, 0.29) is 36.9 Å². The first-order valence-electron chi connectivity index (χ1n) is 8.10. The van der Waals surface area contributed by atoms with Crippen molar-refractivity contribution in [2.45, 2.75) is 19.8 Å². The molecule has 7 heteroatoms. The van der Waals surface area contributed by atoms with Gasteiger partial charge in [0.1, 0.15) is 17.5 Å². The number of carbonyl (C=O) groups excluding carboxylic acids is 2. The highest BCUT2D eigenvalue weighted by molar-refractivity contribution is 5.91. The van der Waals surface area contributed by atoms with Crippen molar-refractivity contribution in [2.75, 3.05) is 18.4 Å². The third kappa shape index (κ3) is 5.61. The zero-order valence-electron chi connectivity index (χ0n) is 14.3. The molecular weight excluding hydrogens is 345 g/mol. The predicted octanol–water partition coefficient (Wildman–Crippen LogP) is 3.52. The molecule has 138 valence electrons. The number of halogens is 3. The Hall–Kier alpha value is -2.83. The molecule has 0 aromatic heterocycles. The summed E-state index contributed by atoms with van der Waals surface area (Å²) in [4.78, 5) is 25.1. The minimum Gasteiger partial charge on any atom is -0.342 e. The number of carbonyl (C=O) groups is 2. The molecular formula is C19H19F3N2O2. The smallest absolute Gasteiger partial charge is 0.226 e. The lowest BCUT2D eigenvalue weighted by Crippen LogP contribution is -2.34. The molecule has 2 aromatic carbocycles. The number of anilines is 1. The van der Waals surface area contributed by atoms with E-state index in [1.807, 2.05) is 0 Å². The van der Waals surface area contributed by atoms with E-state index in [0.29, 0.717) is 18.1 Å². The highest BCUT2D eigenvalue weighted by atomic mass is 19.1. The highest BCUT2D eigenvalue weighted by Gasteiger charge is 2.14. The predicted molar refractivity (Wildman–Crippen MR) is 92.0 cm³/mol. The van der Waals surface area contributed by atoms with Gasteiger partial charge >= 0.3 is 0 Å². The number of nitrogens with one attached hydrogen (secondary N) is 1. The van der Waals surface area contributed by atoms with Gasteiger partial charge in [0.2, 0.25) is 11.8 Å². The minimum atomic E-state index is -0.874. The van der Waals surface area contributed by atoms with Crippen LogP contribution >= 0.6 is 0 Å². The first-order chi connectivity index (χ1) is 12.4. The van der Waals surface area contributed by atoms with Crippen LogP contribution in [0.2, 0.25) is 0 Å². The van der Waals surface area contributed by atoms with Gasteiger partial charge in [-0.1, -0.05) is 18.2 Å². The molecule has 0 aliphatic carbocycles. The Morgan fingerprint density at radius 1 is 1.00 bits per heavy atom. The molecule has 26 heavy (non-hydrogen) atoms. The second-order valence-electron chi connectivity index (χ2n) is 5.77. The van der Waals surface area contributed by atoms with E-state index in [1.54, 1.807) is 18.2 Å². The zero-order chi connectivity index (χ0) is 19.1. The van der Waals surface area contributed by atoms with Gasteiger partial charge < -0.3 is 10.2 Å². The molecule has 0 bridgehead atoms. The van der Waals surface area contributed by atoms with Gasteiger partial charge in [0.15, 0.2) is 0 Å². The Balaban J connectivity index is 1.88. The molecule has 0 radical (unpaired) electrons. The summed E-state index contributed by atoms with van der Waals surface area (Å²) in [6.45, 7) is 1.73. The van der Waals surface area contributed by atoms with Crippen LogP contribution in [0, 0.1) is 17.5 Å². The lowest BCUT2D eigenvalue weighted by atomic mass is 10.1. The van der Waals surface area contributed by atoms with Crippen molar-refractivity contribution < 1.29 is 22.8 Å². The van der Waals surface area contributed by atoms with Gasteiger partial charge in [-0.3, -0.25) is 9.59 Å². The molecule has 0 spiro atoms. The summed E-state index contributed by atoms with van der Waals surface area (Å²) in [7, 11) is 0. The number of hydrogen-bond acceptors (Lipinski definition) is 2. The van der Waals surface area contributed by atoms with Crippen LogP contribution in [-0.2, 0) is 16.0 Å². The van der Waals surface area contributed by atoms with Gasteiger partial charge in [-0.2, -0.15) is 0 Å². The largest absolute Gasteiger partial charge is 0.342 e. The SMILES string of the molecule is CC(=O)N(CCC(=O)Nc1ccc(F)cc1F)CCc1ccccc1F. The van der Waals surface area contributed by atoms with Crippen molar-refractivity contribution in [1.29, 1.82) is 0 Å². The van der Waals surface area contributed by atoms with E-state index in [2.05, 4.69) is 5.32 Å². The van der Waals surface area contributed by atoms with Crippen LogP contribution in [0.3, 0.4) is 0 Å². The third-order valence-electron chi connectivity index (χ3n) is 3.87. The van der Waals surface area contributed by atoms with Crippen LogP contribution in [0.15, 0.2) is 42.5 Å². The fourth-order valence-corrected chi connectivity index (χ4v) is 2.42. The van der Waals surface area contributed by atoms with Crippen LogP contribution in [0.4, 0.5) is 18.9 Å². The van der Waals surface area contributed by atoms with Crippen molar-refractivity contribution in [3.63, 3.8) is 0 Å². The second kappa shape index (κ2) is 9.03. The monoisotopic (exact) mass is 364 g/mol. The average molecular weight is 364 g/mol. The van der Waals surface area contributed by atoms with Crippen LogP contribution in [0.1, 0.15) is 18.9 Å². The van der Waals surface area contributed by atoms with Crippen molar-refractivity contribution >= 4 is 17.5 Å². The highest BCUT2D eigenvalue weighted by Crippen LogP contribution is 2.15. The summed E-state index contributed by atoms with van der Waals surface area (Å²) in [6, 6.07) is 9.11. The van der Waals surface area contributed by atoms with Gasteiger partial charge in [-0.15, -0.1) is 0 Å². The molecule has 2 aromatic rings. The first kappa shape index (κ1) is 19.5. The van der Waals surface area contributed by atoms with Crippen molar-refractivity contribution in [3.8, 4) is 0 Å². The zero-order valence-corrected chi connectivity index (χ0v) is 14.3. The number of rotatable bonds is 7. The lowest BCUT2D eigenvalue weighted by Gasteiger charge is -2.21. The standard InChI is InChI=1S/C19H19F3N2O2/c1-13(25)24(10-8-14-4-2-3-5-16(14)21)11-9-19(26)23-18-7-6-15(20)12-17(18)22/h2-7,12H,8-11H2,1H3,(H,23,26). The molecule has 0 unspecified atom stereocenters. The van der Waals surface area contributed by atoms with Gasteiger partial charge in [-0.25, -0.2) is 13.2 Å². The number of hydrogen-bond donors (Lipinski definition) is 1. The summed E-state index contributed by atoms with van der Waals surface area (Å²) in [5.74, 6) is -2.71. The molecule has 0 saturated carbocycles. The summed E-state index contributed by atoms with van der Waals surface area (Å²) < 4.78 is 40.0. The topological polar surface area (TPSA) is 49.4 Å². The summed E-state index contributed by atoms with van der Waals surface area (Å²) in [6.07, 6.45) is 0.258. The van der Waals surface area contributed by atoms with E-state index in [0.717, 1.165) is 12.1 Å². The summed E-state index contributed by atoms with van der Waals surface area (Å²) in [5.41, 5.74) is 0.355. The van der Waals surface area contributed by atoms with Crippen molar-refractivity contribution in [2.24, 2.45) is 0 Å². The molecule has 0 heterocycles. The summed E-state index contributed by atoms with van der Waals surface area (Å²) >= 11 is 0. The third-order valence-corrected chi connectivity index (χ3v) is 3.87. The second-order valence-corrected chi connectivity index (χ2v) is 5.77. The van der Waals surface area contributed by atoms with Crippen LogP contribution in [-0.4, -0.2) is 29.8 Å². The average Bonchev–Trinajstić information content (AvgIpc) is 2.58. The van der Waals surface area contributed by atoms with Crippen LogP contribution in [0.25, 0.3) is 0 Å². The quantitative estimate of drug-likeness (QED) is 0.817. The van der Waals surface area contributed by atoms with E-state index in [9.17, 15) is 22.8 Å². The molecule has 0 saturated heterocycles. The molecule has 0 aliphatic rings. The maximum absolute atomic E-state index is 13.6. The van der Waals surface area contributed by atoms with E-state index >= 15 is 0 Å². The van der Waals surface area contributed by atoms with E-state index in [4.69, 9.17) is 0 Å². The fourth-order valence-electron chi connectivity index (χ4n) is 2.42. The van der Waals surface area contributed by atoms with Gasteiger partial charge in [0.05, 0.1) is 5.69 Å². The van der Waals surface area contributed by atoms with Crippen LogP contribution in [0.5, 0.6) is 0 Å².